The summed E-state index contributed by atoms with van der Waals surface area (Å²) < 4.78 is 0. The predicted molar refractivity (Wildman–Crippen MR) is 95.4 cm³/mol. The van der Waals surface area contributed by atoms with E-state index in [1.54, 1.807) is 12.1 Å². The summed E-state index contributed by atoms with van der Waals surface area (Å²) in [5.74, 6) is 0. The van der Waals surface area contributed by atoms with Crippen molar-refractivity contribution in [2.45, 2.75) is 12.8 Å². The molecule has 3 rings (SSSR count). The molecule has 0 bridgehead atoms. The number of nitrogens with one attached hydrogen (secondary N) is 2. The lowest BCUT2D eigenvalue weighted by Gasteiger charge is -2.19. The Balaban J connectivity index is 1.40. The highest BCUT2D eigenvalue weighted by molar-refractivity contribution is 6.30. The molecule has 2 amide bonds. The molecule has 2 N–H and O–H groups in total. The molecule has 23 heavy (non-hydrogen) atoms. The van der Waals surface area contributed by atoms with Gasteiger partial charge < -0.3 is 15.5 Å². The lowest BCUT2D eigenvalue weighted by Crippen LogP contribution is -2.32. The van der Waals surface area contributed by atoms with Gasteiger partial charge in [-0.3, -0.25) is 0 Å². The fourth-order valence-electron chi connectivity index (χ4n) is 2.85. The average molecular weight is 330 g/mol. The first-order chi connectivity index (χ1) is 11.2. The zero-order valence-corrected chi connectivity index (χ0v) is 13.6. The maximum Gasteiger partial charge on any atom is 0.319 e. The van der Waals surface area contributed by atoms with Crippen molar-refractivity contribution in [1.82, 2.24) is 5.32 Å². The smallest absolute Gasteiger partial charge is 0.319 e. The number of carbonyl (C=O) groups is 1. The minimum absolute atomic E-state index is 0.200. The Labute approximate surface area is 141 Å². The third-order valence-electron chi connectivity index (χ3n) is 3.96. The molecule has 4 nitrogen and oxygen atoms in total. The van der Waals surface area contributed by atoms with Gasteiger partial charge in [0, 0.05) is 36.0 Å². The fourth-order valence-corrected chi connectivity index (χ4v) is 3.04. The van der Waals surface area contributed by atoms with E-state index in [0.29, 0.717) is 17.3 Å². The first kappa shape index (κ1) is 15.7. The minimum Gasteiger partial charge on any atom is -0.371 e. The number of para-hydroxylation sites is 1. The highest BCUT2D eigenvalue weighted by atomic mass is 35.5. The normalized spacial score (nSPS) is 12.8. The van der Waals surface area contributed by atoms with Crippen molar-refractivity contribution < 1.29 is 4.79 Å². The molecule has 1 aliphatic rings. The number of benzene rings is 2. The van der Waals surface area contributed by atoms with Crippen LogP contribution < -0.4 is 15.5 Å². The Bertz CT molecular complexity index is 689. The summed E-state index contributed by atoms with van der Waals surface area (Å²) in [6.07, 6.45) is 2.02. The van der Waals surface area contributed by atoms with Crippen LogP contribution in [0.4, 0.5) is 16.2 Å². The van der Waals surface area contributed by atoms with Crippen LogP contribution in [0.3, 0.4) is 0 Å². The second-order valence-electron chi connectivity index (χ2n) is 5.61. The first-order valence-electron chi connectivity index (χ1n) is 7.85. The van der Waals surface area contributed by atoms with Crippen LogP contribution in [0.2, 0.25) is 5.02 Å². The highest BCUT2D eigenvalue weighted by Gasteiger charge is 2.17. The monoisotopic (exact) mass is 329 g/mol. The van der Waals surface area contributed by atoms with Crippen molar-refractivity contribution in [1.29, 1.82) is 0 Å². The number of rotatable bonds is 5. The first-order valence-corrected chi connectivity index (χ1v) is 8.23. The molecule has 2 aromatic rings. The van der Waals surface area contributed by atoms with E-state index in [-0.39, 0.29) is 6.03 Å². The van der Waals surface area contributed by atoms with E-state index in [1.807, 2.05) is 12.1 Å². The standard InChI is InChI=1S/C18H20ClN3O/c19-15-6-3-7-16(13-15)21-18(23)20-10-4-11-22-12-9-14-5-1-2-8-17(14)22/h1-3,5-8,13H,4,9-12H2,(H2,20,21,23). The summed E-state index contributed by atoms with van der Waals surface area (Å²) in [7, 11) is 0. The molecule has 2 aromatic carbocycles. The van der Waals surface area contributed by atoms with Gasteiger partial charge in [-0.2, -0.15) is 0 Å². The molecule has 0 spiro atoms. The number of urea groups is 1. The lowest BCUT2D eigenvalue weighted by atomic mass is 10.2. The topological polar surface area (TPSA) is 44.4 Å². The molecule has 1 heterocycles. The van der Waals surface area contributed by atoms with E-state index < -0.39 is 0 Å². The van der Waals surface area contributed by atoms with Gasteiger partial charge in [-0.25, -0.2) is 4.79 Å². The summed E-state index contributed by atoms with van der Waals surface area (Å²) in [6.45, 7) is 2.66. The van der Waals surface area contributed by atoms with Crippen LogP contribution >= 0.6 is 11.6 Å². The molecule has 5 heteroatoms. The van der Waals surface area contributed by atoms with Gasteiger partial charge in [0.25, 0.3) is 0 Å². The number of hydrogen-bond acceptors (Lipinski definition) is 2. The van der Waals surface area contributed by atoms with Crippen molar-refractivity contribution in [3.05, 3.63) is 59.1 Å². The number of amides is 2. The van der Waals surface area contributed by atoms with Gasteiger partial charge in [0.05, 0.1) is 0 Å². The summed E-state index contributed by atoms with van der Waals surface area (Å²) in [6, 6.07) is 15.4. The lowest BCUT2D eigenvalue weighted by molar-refractivity contribution is 0.252. The van der Waals surface area contributed by atoms with Gasteiger partial charge in [0.1, 0.15) is 0 Å². The molecular weight excluding hydrogens is 310 g/mol. The third-order valence-corrected chi connectivity index (χ3v) is 4.19. The molecule has 0 radical (unpaired) electrons. The number of nitrogens with zero attached hydrogens (tertiary/aromatic N) is 1. The Hall–Kier alpha value is -2.20. The molecule has 1 aliphatic heterocycles. The number of halogens is 1. The third kappa shape index (κ3) is 4.17. The second kappa shape index (κ2) is 7.38. The van der Waals surface area contributed by atoms with Crippen LogP contribution in [-0.2, 0) is 6.42 Å². The van der Waals surface area contributed by atoms with Gasteiger partial charge in [0.15, 0.2) is 0 Å². The maximum atomic E-state index is 11.8. The number of hydrogen-bond donors (Lipinski definition) is 2. The van der Waals surface area contributed by atoms with Gasteiger partial charge in [-0.15, -0.1) is 0 Å². The predicted octanol–water partition coefficient (Wildman–Crippen LogP) is 3.91. The summed E-state index contributed by atoms with van der Waals surface area (Å²) in [5, 5.41) is 6.26. The van der Waals surface area contributed by atoms with Crippen LogP contribution in [0.15, 0.2) is 48.5 Å². The molecule has 120 valence electrons. The molecule has 0 fully saturated rings. The van der Waals surface area contributed by atoms with Gasteiger partial charge in [-0.05, 0) is 42.7 Å². The summed E-state index contributed by atoms with van der Waals surface area (Å²) in [4.78, 5) is 14.2. The second-order valence-corrected chi connectivity index (χ2v) is 6.05. The van der Waals surface area contributed by atoms with Crippen LogP contribution in [0.5, 0.6) is 0 Å². The van der Waals surface area contributed by atoms with E-state index in [1.165, 1.54) is 11.3 Å². The van der Waals surface area contributed by atoms with Gasteiger partial charge in [-0.1, -0.05) is 35.9 Å². The van der Waals surface area contributed by atoms with Crippen LogP contribution in [-0.4, -0.2) is 25.7 Å². The molecule has 0 saturated heterocycles. The minimum atomic E-state index is -0.200. The zero-order chi connectivity index (χ0) is 16.1. The van der Waals surface area contributed by atoms with E-state index in [2.05, 4.69) is 39.8 Å². The number of fused-ring (bicyclic) bond motifs is 1. The molecule has 0 atom stereocenters. The van der Waals surface area contributed by atoms with Crippen LogP contribution in [0.25, 0.3) is 0 Å². The SMILES string of the molecule is O=C(NCCCN1CCc2ccccc21)Nc1cccc(Cl)c1. The zero-order valence-electron chi connectivity index (χ0n) is 12.9. The van der Waals surface area contributed by atoms with Gasteiger partial charge in [0.2, 0.25) is 0 Å². The quantitative estimate of drug-likeness (QED) is 0.817. The highest BCUT2D eigenvalue weighted by Crippen LogP contribution is 2.27. The van der Waals surface area contributed by atoms with E-state index in [0.717, 1.165) is 25.9 Å². The molecule has 0 saturated carbocycles. The van der Waals surface area contributed by atoms with Crippen molar-refractivity contribution in [3.63, 3.8) is 0 Å². The number of carbonyl (C=O) groups excluding carboxylic acids is 1. The van der Waals surface area contributed by atoms with E-state index >= 15 is 0 Å². The van der Waals surface area contributed by atoms with Crippen LogP contribution in [0.1, 0.15) is 12.0 Å². The Morgan fingerprint density at radius 2 is 2.04 bits per heavy atom. The number of anilines is 2. The van der Waals surface area contributed by atoms with Crippen molar-refractivity contribution >= 4 is 29.0 Å². The van der Waals surface area contributed by atoms with Crippen molar-refractivity contribution in [2.75, 3.05) is 29.9 Å². The molecule has 0 aliphatic carbocycles. The molecule has 0 unspecified atom stereocenters. The van der Waals surface area contributed by atoms with E-state index in [4.69, 9.17) is 11.6 Å². The Kier molecular flexibility index (Phi) is 5.03. The van der Waals surface area contributed by atoms with Crippen molar-refractivity contribution in [2.24, 2.45) is 0 Å². The van der Waals surface area contributed by atoms with E-state index in [9.17, 15) is 4.79 Å². The molecule has 0 aromatic heterocycles. The maximum absolute atomic E-state index is 11.8. The summed E-state index contributed by atoms with van der Waals surface area (Å²) >= 11 is 5.89. The largest absolute Gasteiger partial charge is 0.371 e. The molecular formula is C18H20ClN3O. The average Bonchev–Trinajstić information content (AvgIpc) is 2.95. The Morgan fingerprint density at radius 1 is 1.17 bits per heavy atom. The van der Waals surface area contributed by atoms with Crippen LogP contribution in [0, 0.1) is 0 Å². The summed E-state index contributed by atoms with van der Waals surface area (Å²) in [5.41, 5.74) is 3.44. The Morgan fingerprint density at radius 3 is 2.91 bits per heavy atom. The fraction of sp³-hybridized carbons (Fsp3) is 0.278. The van der Waals surface area contributed by atoms with Gasteiger partial charge >= 0.3 is 6.03 Å². The van der Waals surface area contributed by atoms with Crippen molar-refractivity contribution in [3.8, 4) is 0 Å².